The Morgan fingerprint density at radius 1 is 1.15 bits per heavy atom. The van der Waals surface area contributed by atoms with Crippen LogP contribution in [0.2, 0.25) is 0 Å². The van der Waals surface area contributed by atoms with E-state index in [4.69, 9.17) is 4.74 Å². The van der Waals surface area contributed by atoms with Gasteiger partial charge in [-0.05, 0) is 59.3 Å². The van der Waals surface area contributed by atoms with E-state index in [0.717, 1.165) is 5.57 Å². The smallest absolute Gasteiger partial charge is 0.233 e. The van der Waals surface area contributed by atoms with Crippen LogP contribution in [0.3, 0.4) is 0 Å². The van der Waals surface area contributed by atoms with E-state index in [2.05, 4.69) is 15.9 Å². The van der Waals surface area contributed by atoms with Crippen molar-refractivity contribution in [1.82, 2.24) is 4.90 Å². The van der Waals surface area contributed by atoms with Gasteiger partial charge in [-0.15, -0.1) is 0 Å². The minimum absolute atomic E-state index is 0.0215. The lowest BCUT2D eigenvalue weighted by molar-refractivity contribution is -0.138. The summed E-state index contributed by atoms with van der Waals surface area (Å²) in [5, 5.41) is 10.2. The average Bonchev–Trinajstić information content (AvgIpc) is 3.02. The van der Waals surface area contributed by atoms with Gasteiger partial charge in [0.15, 0.2) is 23.1 Å². The van der Waals surface area contributed by atoms with E-state index < -0.39 is 17.8 Å². The van der Waals surface area contributed by atoms with Gasteiger partial charge in [-0.1, -0.05) is 17.7 Å². The maximum absolute atomic E-state index is 13.2. The molecule has 8 heteroatoms. The topological polar surface area (TPSA) is 101 Å². The van der Waals surface area contributed by atoms with Gasteiger partial charge in [0.25, 0.3) is 0 Å². The molecule has 1 fully saturated rings. The maximum Gasteiger partial charge on any atom is 0.233 e. The Kier molecular flexibility index (Phi) is 5.16. The average molecular weight is 512 g/mol. The van der Waals surface area contributed by atoms with Crippen molar-refractivity contribution in [2.45, 2.75) is 25.7 Å². The molecule has 2 amide bonds. The lowest BCUT2D eigenvalue weighted by Gasteiger charge is -2.42. The quantitative estimate of drug-likeness (QED) is 0.380. The molecule has 4 unspecified atom stereocenters. The number of benzene rings is 1. The number of halogens is 1. The van der Waals surface area contributed by atoms with E-state index >= 15 is 0 Å². The molecule has 1 aliphatic heterocycles. The Labute approximate surface area is 198 Å². The van der Waals surface area contributed by atoms with Crippen LogP contribution in [-0.4, -0.2) is 47.0 Å². The molecule has 33 heavy (non-hydrogen) atoms. The van der Waals surface area contributed by atoms with Crippen molar-refractivity contribution in [3.05, 3.63) is 57.1 Å². The van der Waals surface area contributed by atoms with Crippen molar-refractivity contribution in [1.29, 1.82) is 0 Å². The van der Waals surface area contributed by atoms with Gasteiger partial charge in [0, 0.05) is 30.2 Å². The molecule has 1 heterocycles. The van der Waals surface area contributed by atoms with Crippen LogP contribution in [0.1, 0.15) is 31.2 Å². The molecular weight excluding hydrogens is 490 g/mol. The fourth-order valence-electron chi connectivity index (χ4n) is 5.72. The first-order valence-corrected chi connectivity index (χ1v) is 11.7. The summed E-state index contributed by atoms with van der Waals surface area (Å²) in [6, 6.07) is 4.90. The van der Waals surface area contributed by atoms with E-state index in [1.165, 1.54) is 24.1 Å². The molecule has 5 rings (SSSR count). The largest absolute Gasteiger partial charge is 0.504 e. The molecule has 0 aromatic heterocycles. The second-order valence-electron chi connectivity index (χ2n) is 8.79. The number of nitrogens with zero attached hydrogens (tertiary/aromatic N) is 1. The molecule has 1 aromatic carbocycles. The summed E-state index contributed by atoms with van der Waals surface area (Å²) < 4.78 is 5.75. The predicted octanol–water partition coefficient (Wildman–Crippen LogP) is 3.18. The van der Waals surface area contributed by atoms with Crippen LogP contribution >= 0.6 is 15.9 Å². The highest BCUT2D eigenvalue weighted by atomic mass is 79.9. The number of rotatable bonds is 3. The summed E-state index contributed by atoms with van der Waals surface area (Å²) in [4.78, 5) is 53.2. The van der Waals surface area contributed by atoms with Gasteiger partial charge in [-0.3, -0.25) is 24.1 Å². The molecule has 7 nitrogen and oxygen atoms in total. The van der Waals surface area contributed by atoms with Gasteiger partial charge in [-0.25, -0.2) is 0 Å². The zero-order valence-electron chi connectivity index (χ0n) is 18.1. The number of allylic oxidation sites excluding steroid dienone is 6. The summed E-state index contributed by atoms with van der Waals surface area (Å²) >= 11 is 3.21. The van der Waals surface area contributed by atoms with Crippen molar-refractivity contribution in [2.75, 3.05) is 13.7 Å². The molecule has 170 valence electrons. The molecule has 0 saturated carbocycles. The fourth-order valence-corrected chi connectivity index (χ4v) is 6.17. The Morgan fingerprint density at radius 3 is 2.64 bits per heavy atom. The van der Waals surface area contributed by atoms with Crippen molar-refractivity contribution < 1.29 is 29.0 Å². The highest BCUT2D eigenvalue weighted by Crippen LogP contribution is 2.55. The molecule has 3 aliphatic carbocycles. The SMILES string of the molecule is CCOc1cc(C2C3=CCC4C(=O)N(C)C(=O)C4C3CC3=C2C(=O)C=C(Br)C3=O)ccc1O. The Balaban J connectivity index is 1.71. The second-order valence-corrected chi connectivity index (χ2v) is 9.64. The summed E-state index contributed by atoms with van der Waals surface area (Å²) in [6.45, 7) is 2.15. The summed E-state index contributed by atoms with van der Waals surface area (Å²) in [6.07, 6.45) is 3.89. The van der Waals surface area contributed by atoms with Crippen LogP contribution in [-0.2, 0) is 19.2 Å². The molecule has 4 atom stereocenters. The van der Waals surface area contributed by atoms with Gasteiger partial charge in [0.2, 0.25) is 11.8 Å². The molecule has 4 aliphatic rings. The van der Waals surface area contributed by atoms with Crippen LogP contribution in [0.4, 0.5) is 0 Å². The third-order valence-corrected chi connectivity index (χ3v) is 7.76. The van der Waals surface area contributed by atoms with E-state index in [0.29, 0.717) is 29.7 Å². The van der Waals surface area contributed by atoms with Gasteiger partial charge < -0.3 is 9.84 Å². The lowest BCUT2D eigenvalue weighted by Crippen LogP contribution is -2.39. The second kappa shape index (κ2) is 7.80. The summed E-state index contributed by atoms with van der Waals surface area (Å²) in [5.74, 6) is -2.67. The number of carbonyl (C=O) groups is 4. The van der Waals surface area contributed by atoms with Gasteiger partial charge >= 0.3 is 0 Å². The number of hydrogen-bond acceptors (Lipinski definition) is 6. The fraction of sp³-hybridized carbons (Fsp3) is 0.360. The molecule has 1 aromatic rings. The van der Waals surface area contributed by atoms with Crippen LogP contribution in [0, 0.1) is 17.8 Å². The Bertz CT molecular complexity index is 1230. The van der Waals surface area contributed by atoms with Crippen LogP contribution in [0.5, 0.6) is 11.5 Å². The third kappa shape index (κ3) is 3.14. The number of Topliss-reactive ketones (excluding diaryl/α,β-unsaturated/α-hetero) is 1. The normalized spacial score (nSPS) is 28.9. The van der Waals surface area contributed by atoms with Gasteiger partial charge in [-0.2, -0.15) is 0 Å². The number of carbonyl (C=O) groups excluding carboxylic acids is 4. The van der Waals surface area contributed by atoms with Crippen LogP contribution in [0.15, 0.2) is 51.6 Å². The maximum atomic E-state index is 13.2. The van der Waals surface area contributed by atoms with E-state index in [9.17, 15) is 24.3 Å². The molecule has 0 spiro atoms. The standard InChI is InChI=1S/C25H22BrNO6/c1-3-33-19-8-11(4-7-17(19)28)20-12-5-6-13-21(25(32)27(2)24(13)31)14(12)9-15-22(20)18(29)10-16(26)23(15)30/h4-5,7-8,10,13-14,20-21,28H,3,6,9H2,1-2H3. The first kappa shape index (κ1) is 21.8. The van der Waals surface area contributed by atoms with E-state index in [1.54, 1.807) is 19.1 Å². The third-order valence-electron chi connectivity index (χ3n) is 7.17. The number of ether oxygens (including phenoxy) is 1. The number of imide groups is 1. The minimum Gasteiger partial charge on any atom is -0.504 e. The molecule has 0 radical (unpaired) electrons. The number of ketones is 2. The first-order chi connectivity index (χ1) is 15.7. The van der Waals surface area contributed by atoms with E-state index in [-0.39, 0.29) is 51.7 Å². The number of aromatic hydroxyl groups is 1. The first-order valence-electron chi connectivity index (χ1n) is 10.9. The van der Waals surface area contributed by atoms with Crippen LogP contribution < -0.4 is 4.74 Å². The van der Waals surface area contributed by atoms with Gasteiger partial charge in [0.1, 0.15) is 0 Å². The summed E-state index contributed by atoms with van der Waals surface area (Å²) in [5.41, 5.74) is 2.33. The molecule has 0 bridgehead atoms. The summed E-state index contributed by atoms with van der Waals surface area (Å²) in [7, 11) is 1.50. The highest BCUT2D eigenvalue weighted by Gasteiger charge is 2.55. The van der Waals surface area contributed by atoms with Crippen LogP contribution in [0.25, 0.3) is 0 Å². The molecule has 1 saturated heterocycles. The lowest BCUT2D eigenvalue weighted by atomic mass is 9.59. The van der Waals surface area contributed by atoms with Crippen molar-refractivity contribution in [3.63, 3.8) is 0 Å². The number of phenols is 1. The van der Waals surface area contributed by atoms with E-state index in [1.807, 2.05) is 6.08 Å². The zero-order valence-corrected chi connectivity index (χ0v) is 19.7. The number of amides is 2. The molecular formula is C25H22BrNO6. The van der Waals surface area contributed by atoms with Gasteiger partial charge in [0.05, 0.1) is 22.9 Å². The Morgan fingerprint density at radius 2 is 1.91 bits per heavy atom. The Hall–Kier alpha value is -3.00. The predicted molar refractivity (Wildman–Crippen MR) is 122 cm³/mol. The zero-order chi connectivity index (χ0) is 23.6. The number of likely N-dealkylation sites (tertiary alicyclic amines) is 1. The number of fused-ring (bicyclic) bond motifs is 3. The van der Waals surface area contributed by atoms with Crippen molar-refractivity contribution in [3.8, 4) is 11.5 Å². The molecule has 1 N–H and O–H groups in total. The highest BCUT2D eigenvalue weighted by molar-refractivity contribution is 9.12. The monoisotopic (exact) mass is 511 g/mol. The van der Waals surface area contributed by atoms with Crippen molar-refractivity contribution in [2.24, 2.45) is 17.8 Å². The number of phenolic OH excluding ortho intramolecular Hbond substituents is 1. The minimum atomic E-state index is -0.568. The number of hydrogen-bond donors (Lipinski definition) is 1. The van der Waals surface area contributed by atoms with Crippen molar-refractivity contribution >= 4 is 39.3 Å².